The van der Waals surface area contributed by atoms with Crippen molar-refractivity contribution in [3.8, 4) is 0 Å². The standard InChI is InChI=1S/C27H33Cl2FN4O/c1-5-7-9-20(6-2)25-16-22(19(3)32(25)4)27(35)31-18-21(17-30)33-12-14-34(15-13-33)24-11-8-10-23(28)26(24)29/h5-11,16,21H,1,12-15,17-18H2,2-4H3,(H,31,35). The van der Waals surface area contributed by atoms with Crippen LogP contribution in [0.2, 0.25) is 10.0 Å². The zero-order valence-electron chi connectivity index (χ0n) is 20.5. The SMILES string of the molecule is C=CC=CC(=CC)c1cc(C(=O)NCC(CF)N2CCN(c3cccc(Cl)c3Cl)CC2)c(C)n1C. The third kappa shape index (κ3) is 6.18. The minimum absolute atomic E-state index is 0.199. The third-order valence-corrected chi connectivity index (χ3v) is 7.39. The van der Waals surface area contributed by atoms with Gasteiger partial charge in [0.1, 0.15) is 6.67 Å². The molecule has 0 bridgehead atoms. The summed E-state index contributed by atoms with van der Waals surface area (Å²) < 4.78 is 16.0. The Kier molecular flexibility index (Phi) is 9.61. The Hall–Kier alpha value is -2.54. The molecule has 0 spiro atoms. The minimum atomic E-state index is -0.535. The molecule has 5 nitrogen and oxygen atoms in total. The summed E-state index contributed by atoms with van der Waals surface area (Å²) in [6, 6.07) is 7.08. The zero-order valence-corrected chi connectivity index (χ0v) is 22.0. The lowest BCUT2D eigenvalue weighted by Crippen LogP contribution is -2.54. The van der Waals surface area contributed by atoms with E-state index in [1.54, 1.807) is 12.1 Å². The lowest BCUT2D eigenvalue weighted by atomic mass is 10.1. The van der Waals surface area contributed by atoms with Crippen LogP contribution < -0.4 is 10.2 Å². The van der Waals surface area contributed by atoms with Crippen LogP contribution in [0.3, 0.4) is 0 Å². The van der Waals surface area contributed by atoms with Gasteiger partial charge in [-0.2, -0.15) is 0 Å². The second-order valence-corrected chi connectivity index (χ2v) is 9.33. The number of amides is 1. The van der Waals surface area contributed by atoms with Gasteiger partial charge in [0.15, 0.2) is 0 Å². The molecule has 0 radical (unpaired) electrons. The van der Waals surface area contributed by atoms with Gasteiger partial charge in [0.2, 0.25) is 0 Å². The molecule has 0 saturated carbocycles. The molecule has 1 unspecified atom stereocenters. The quantitative estimate of drug-likeness (QED) is 0.434. The Morgan fingerprint density at radius 1 is 1.26 bits per heavy atom. The van der Waals surface area contributed by atoms with Gasteiger partial charge in [0.25, 0.3) is 5.91 Å². The van der Waals surface area contributed by atoms with Crippen LogP contribution in [0.25, 0.3) is 5.57 Å². The maximum absolute atomic E-state index is 14.0. The molecular formula is C27H33Cl2FN4O. The minimum Gasteiger partial charge on any atom is -0.368 e. The first-order valence-corrected chi connectivity index (χ1v) is 12.5. The van der Waals surface area contributed by atoms with Crippen molar-refractivity contribution in [2.45, 2.75) is 19.9 Å². The fourth-order valence-corrected chi connectivity index (χ4v) is 4.77. The van der Waals surface area contributed by atoms with Crippen LogP contribution in [0.1, 0.15) is 28.7 Å². The smallest absolute Gasteiger partial charge is 0.253 e. The van der Waals surface area contributed by atoms with E-state index < -0.39 is 6.67 Å². The summed E-state index contributed by atoms with van der Waals surface area (Å²) in [6.07, 6.45) is 7.53. The summed E-state index contributed by atoms with van der Waals surface area (Å²) in [4.78, 5) is 17.3. The fourth-order valence-electron chi connectivity index (χ4n) is 4.36. The molecule has 1 aliphatic rings. The predicted molar refractivity (Wildman–Crippen MR) is 145 cm³/mol. The van der Waals surface area contributed by atoms with E-state index in [1.807, 2.05) is 61.9 Å². The number of hydrogen-bond donors (Lipinski definition) is 1. The van der Waals surface area contributed by atoms with E-state index in [2.05, 4.69) is 21.7 Å². The molecule has 8 heteroatoms. The van der Waals surface area contributed by atoms with Gasteiger partial charge in [-0.05, 0) is 37.6 Å². The molecule has 0 aliphatic carbocycles. The highest BCUT2D eigenvalue weighted by Crippen LogP contribution is 2.33. The van der Waals surface area contributed by atoms with E-state index in [1.165, 1.54) is 0 Å². The first kappa shape index (κ1) is 27.1. The highest BCUT2D eigenvalue weighted by molar-refractivity contribution is 6.43. The van der Waals surface area contributed by atoms with Crippen molar-refractivity contribution in [1.29, 1.82) is 0 Å². The van der Waals surface area contributed by atoms with Crippen LogP contribution in [0.15, 0.2) is 55.1 Å². The molecular weight excluding hydrogens is 486 g/mol. The maximum atomic E-state index is 14.0. The number of carbonyl (C=O) groups excluding carboxylic acids is 1. The zero-order chi connectivity index (χ0) is 25.5. The number of halogens is 3. The summed E-state index contributed by atoms with van der Waals surface area (Å²) in [6.45, 7) is 10.0. The average Bonchev–Trinajstić information content (AvgIpc) is 3.16. The number of benzene rings is 1. The molecule has 1 aromatic heterocycles. The van der Waals surface area contributed by atoms with Crippen molar-refractivity contribution < 1.29 is 9.18 Å². The Morgan fingerprint density at radius 3 is 2.60 bits per heavy atom. The van der Waals surface area contributed by atoms with Crippen LogP contribution in [0.4, 0.5) is 10.1 Å². The average molecular weight is 519 g/mol. The van der Waals surface area contributed by atoms with Crippen LogP contribution in [0, 0.1) is 6.92 Å². The molecule has 1 N–H and O–H groups in total. The molecule has 1 atom stereocenters. The topological polar surface area (TPSA) is 40.5 Å². The number of allylic oxidation sites excluding steroid dienone is 5. The summed E-state index contributed by atoms with van der Waals surface area (Å²) in [5, 5.41) is 4.01. The molecule has 3 rings (SSSR count). The Labute approximate surface area is 217 Å². The number of anilines is 1. The monoisotopic (exact) mass is 518 g/mol. The van der Waals surface area contributed by atoms with Crippen molar-refractivity contribution in [2.24, 2.45) is 7.05 Å². The van der Waals surface area contributed by atoms with Crippen LogP contribution in [-0.4, -0.2) is 60.8 Å². The second-order valence-electron chi connectivity index (χ2n) is 8.54. The third-order valence-electron chi connectivity index (χ3n) is 6.58. The fraction of sp³-hybridized carbons (Fsp3) is 0.370. The molecule has 2 aromatic rings. The van der Waals surface area contributed by atoms with Gasteiger partial charge in [0, 0.05) is 51.2 Å². The number of hydrogen-bond acceptors (Lipinski definition) is 3. The Morgan fingerprint density at radius 2 is 1.97 bits per heavy atom. The first-order valence-electron chi connectivity index (χ1n) is 11.7. The first-order chi connectivity index (χ1) is 16.8. The Bertz CT molecular complexity index is 1120. The van der Waals surface area contributed by atoms with Gasteiger partial charge in [-0.15, -0.1) is 0 Å². The predicted octanol–water partition coefficient (Wildman–Crippen LogP) is 5.68. The van der Waals surface area contributed by atoms with Crippen molar-refractivity contribution in [1.82, 2.24) is 14.8 Å². The molecule has 188 valence electrons. The summed E-state index contributed by atoms with van der Waals surface area (Å²) in [5.41, 5.74) is 4.27. The van der Waals surface area contributed by atoms with Gasteiger partial charge >= 0.3 is 0 Å². The van der Waals surface area contributed by atoms with Crippen molar-refractivity contribution >= 4 is 40.4 Å². The van der Waals surface area contributed by atoms with E-state index in [0.717, 1.165) is 22.6 Å². The highest BCUT2D eigenvalue weighted by atomic mass is 35.5. The molecule has 1 fully saturated rings. The van der Waals surface area contributed by atoms with E-state index in [0.29, 0.717) is 41.8 Å². The number of piperazine rings is 1. The van der Waals surface area contributed by atoms with Crippen LogP contribution in [-0.2, 0) is 7.05 Å². The molecule has 1 aliphatic heterocycles. The van der Waals surface area contributed by atoms with Gasteiger partial charge in [-0.1, -0.05) is 60.2 Å². The van der Waals surface area contributed by atoms with E-state index in [4.69, 9.17) is 23.2 Å². The lowest BCUT2D eigenvalue weighted by molar-refractivity contribution is 0.0919. The van der Waals surface area contributed by atoms with Gasteiger partial charge in [0.05, 0.1) is 27.3 Å². The van der Waals surface area contributed by atoms with Crippen molar-refractivity contribution in [2.75, 3.05) is 44.3 Å². The van der Waals surface area contributed by atoms with E-state index >= 15 is 0 Å². The maximum Gasteiger partial charge on any atom is 0.253 e. The summed E-state index contributed by atoms with van der Waals surface area (Å²) >= 11 is 12.5. The number of nitrogens with zero attached hydrogens (tertiary/aromatic N) is 3. The van der Waals surface area contributed by atoms with Gasteiger partial charge in [-0.3, -0.25) is 9.69 Å². The second kappa shape index (κ2) is 12.4. The van der Waals surface area contributed by atoms with E-state index in [9.17, 15) is 9.18 Å². The number of aromatic nitrogens is 1. The van der Waals surface area contributed by atoms with Crippen molar-refractivity contribution in [3.63, 3.8) is 0 Å². The lowest BCUT2D eigenvalue weighted by Gasteiger charge is -2.39. The van der Waals surface area contributed by atoms with Gasteiger partial charge in [-0.25, -0.2) is 4.39 Å². The number of carbonyl (C=O) groups is 1. The molecule has 1 saturated heterocycles. The van der Waals surface area contributed by atoms with Gasteiger partial charge < -0.3 is 14.8 Å². The number of alkyl halides is 1. The number of nitrogens with one attached hydrogen (secondary N) is 1. The highest BCUT2D eigenvalue weighted by Gasteiger charge is 2.26. The molecule has 1 aromatic carbocycles. The molecule has 2 heterocycles. The molecule has 35 heavy (non-hydrogen) atoms. The van der Waals surface area contributed by atoms with Crippen molar-refractivity contribution in [3.05, 3.63) is 82.1 Å². The normalized spacial score (nSPS) is 16.1. The Balaban J connectivity index is 1.62. The van der Waals surface area contributed by atoms with Crippen LogP contribution >= 0.6 is 23.2 Å². The largest absolute Gasteiger partial charge is 0.368 e. The molecule has 1 amide bonds. The summed E-state index contributed by atoms with van der Waals surface area (Å²) in [5.74, 6) is -0.199. The van der Waals surface area contributed by atoms with Crippen LogP contribution in [0.5, 0.6) is 0 Å². The van der Waals surface area contributed by atoms with E-state index in [-0.39, 0.29) is 18.5 Å². The summed E-state index contributed by atoms with van der Waals surface area (Å²) in [7, 11) is 1.93. The number of rotatable bonds is 9.